The van der Waals surface area contributed by atoms with Crippen LogP contribution in [0, 0.1) is 17.3 Å². The van der Waals surface area contributed by atoms with Gasteiger partial charge in [-0.05, 0) is 67.1 Å². The molecule has 2 atom stereocenters. The maximum absolute atomic E-state index is 6.41. The number of nitrogens with zero attached hydrogens (tertiary/aromatic N) is 2. The average molecular weight is 416 g/mol. The number of likely N-dealkylation sites (tertiary alicyclic amines) is 1. The van der Waals surface area contributed by atoms with E-state index in [-0.39, 0.29) is 0 Å². The van der Waals surface area contributed by atoms with Gasteiger partial charge in [-0.3, -0.25) is 4.90 Å². The lowest BCUT2D eigenvalue weighted by Gasteiger charge is -2.32. The fourth-order valence-corrected chi connectivity index (χ4v) is 4.54. The number of nitrogens with two attached hydrogens (primary N) is 1. The molecule has 1 saturated heterocycles. The van der Waals surface area contributed by atoms with E-state index in [1.165, 1.54) is 43.5 Å². The zero-order chi connectivity index (χ0) is 22.3. The number of rotatable bonds is 11. The van der Waals surface area contributed by atoms with Crippen LogP contribution in [-0.4, -0.2) is 43.2 Å². The Labute approximate surface area is 187 Å². The third kappa shape index (κ3) is 8.98. The maximum Gasteiger partial charge on any atom is 0.0429 e. The molecule has 1 unspecified atom stereocenters. The topological polar surface area (TPSA) is 32.5 Å². The normalized spacial score (nSPS) is 19.1. The highest BCUT2D eigenvalue weighted by Crippen LogP contribution is 2.27. The van der Waals surface area contributed by atoms with Gasteiger partial charge in [-0.1, -0.05) is 60.6 Å². The number of hydrogen-bond acceptors (Lipinski definition) is 3. The van der Waals surface area contributed by atoms with Crippen LogP contribution in [0.15, 0.2) is 24.3 Å². The highest BCUT2D eigenvalue weighted by molar-refractivity contribution is 5.49. The smallest absolute Gasteiger partial charge is 0.0429 e. The van der Waals surface area contributed by atoms with E-state index in [9.17, 15) is 0 Å². The summed E-state index contributed by atoms with van der Waals surface area (Å²) in [5, 5.41) is 0. The van der Waals surface area contributed by atoms with Crippen LogP contribution in [0.5, 0.6) is 0 Å². The van der Waals surface area contributed by atoms with Crippen LogP contribution >= 0.6 is 0 Å². The number of benzene rings is 1. The van der Waals surface area contributed by atoms with Gasteiger partial charge in [0.1, 0.15) is 0 Å². The minimum atomic E-state index is 0.301. The molecule has 1 aliphatic heterocycles. The summed E-state index contributed by atoms with van der Waals surface area (Å²) in [7, 11) is 0. The van der Waals surface area contributed by atoms with Crippen molar-refractivity contribution in [2.45, 2.75) is 92.7 Å². The van der Waals surface area contributed by atoms with Gasteiger partial charge in [-0.25, -0.2) is 0 Å². The first-order valence-electron chi connectivity index (χ1n) is 12.4. The molecule has 1 aromatic carbocycles. The van der Waals surface area contributed by atoms with E-state index in [1.54, 1.807) is 0 Å². The van der Waals surface area contributed by atoms with Crippen molar-refractivity contribution >= 4 is 5.69 Å². The molecule has 3 heteroatoms. The third-order valence-corrected chi connectivity index (χ3v) is 6.33. The zero-order valence-electron chi connectivity index (χ0n) is 21.0. The predicted octanol–water partition coefficient (Wildman–Crippen LogP) is 5.97. The van der Waals surface area contributed by atoms with Crippen molar-refractivity contribution in [3.8, 4) is 0 Å². The van der Waals surface area contributed by atoms with Crippen LogP contribution in [0.4, 0.5) is 5.69 Å². The minimum Gasteiger partial charge on any atom is -0.367 e. The Morgan fingerprint density at radius 1 is 1.07 bits per heavy atom. The third-order valence-electron chi connectivity index (χ3n) is 6.33. The van der Waals surface area contributed by atoms with Crippen LogP contribution in [0.25, 0.3) is 0 Å². The van der Waals surface area contributed by atoms with Gasteiger partial charge in [0.05, 0.1) is 0 Å². The second-order valence-electron chi connectivity index (χ2n) is 11.7. The van der Waals surface area contributed by atoms with E-state index in [2.05, 4.69) is 82.5 Å². The molecule has 0 spiro atoms. The minimum absolute atomic E-state index is 0.301. The largest absolute Gasteiger partial charge is 0.367 e. The van der Waals surface area contributed by atoms with Crippen molar-refractivity contribution in [2.75, 3.05) is 31.1 Å². The zero-order valence-corrected chi connectivity index (χ0v) is 21.0. The van der Waals surface area contributed by atoms with Crippen molar-refractivity contribution in [1.82, 2.24) is 4.90 Å². The quantitative estimate of drug-likeness (QED) is 0.483. The summed E-state index contributed by atoms with van der Waals surface area (Å²) in [4.78, 5) is 5.28. The van der Waals surface area contributed by atoms with E-state index in [1.807, 2.05) is 0 Å². The summed E-state index contributed by atoms with van der Waals surface area (Å²) in [6, 6.07) is 10.4. The lowest BCUT2D eigenvalue weighted by atomic mass is 9.89. The van der Waals surface area contributed by atoms with E-state index in [4.69, 9.17) is 5.73 Å². The van der Waals surface area contributed by atoms with Crippen LogP contribution < -0.4 is 10.6 Å². The van der Waals surface area contributed by atoms with E-state index in [0.717, 1.165) is 32.0 Å². The van der Waals surface area contributed by atoms with Gasteiger partial charge in [-0.15, -0.1) is 0 Å². The highest BCUT2D eigenvalue weighted by Gasteiger charge is 2.29. The van der Waals surface area contributed by atoms with Gasteiger partial charge < -0.3 is 10.6 Å². The van der Waals surface area contributed by atoms with Gasteiger partial charge in [-0.2, -0.15) is 0 Å². The molecule has 0 radical (unpaired) electrons. The monoisotopic (exact) mass is 415 g/mol. The molecule has 172 valence electrons. The standard InChI is InChI=1S/C27H49N3/c1-21(2)13-17-30(25-10-8-23(9-11-25)12-15-27(5,6)7)26-14-16-29(20-26)19-24(28)18-22(3)4/h8-11,21-22,24,26H,12-20,28H2,1-7H3/t24?,26-/m0/s1. The predicted molar refractivity (Wildman–Crippen MR) is 133 cm³/mol. The Kier molecular flexibility index (Phi) is 9.68. The molecule has 2 N–H and O–H groups in total. The van der Waals surface area contributed by atoms with E-state index >= 15 is 0 Å². The first kappa shape index (κ1) is 25.2. The average Bonchev–Trinajstić information content (AvgIpc) is 3.07. The Hall–Kier alpha value is -1.06. The molecule has 0 saturated carbocycles. The molecule has 1 aromatic rings. The molecule has 30 heavy (non-hydrogen) atoms. The Morgan fingerprint density at radius 3 is 2.30 bits per heavy atom. The summed E-state index contributed by atoms with van der Waals surface area (Å²) < 4.78 is 0. The lowest BCUT2D eigenvalue weighted by molar-refractivity contribution is 0.291. The molecular formula is C27H49N3. The molecule has 0 amide bonds. The van der Waals surface area contributed by atoms with Gasteiger partial charge in [0, 0.05) is 44.0 Å². The lowest BCUT2D eigenvalue weighted by Crippen LogP contribution is -2.41. The first-order chi connectivity index (χ1) is 14.0. The van der Waals surface area contributed by atoms with Crippen LogP contribution in [0.2, 0.25) is 0 Å². The van der Waals surface area contributed by atoms with E-state index in [0.29, 0.717) is 23.4 Å². The molecule has 1 aliphatic rings. The molecule has 0 aromatic heterocycles. The summed E-state index contributed by atoms with van der Waals surface area (Å²) in [6.07, 6.45) is 6.01. The highest BCUT2D eigenvalue weighted by atomic mass is 15.3. The molecule has 3 nitrogen and oxygen atoms in total. The fourth-order valence-electron chi connectivity index (χ4n) is 4.54. The van der Waals surface area contributed by atoms with E-state index < -0.39 is 0 Å². The molecular weight excluding hydrogens is 366 g/mol. The summed E-state index contributed by atoms with van der Waals surface area (Å²) >= 11 is 0. The Morgan fingerprint density at radius 2 is 1.73 bits per heavy atom. The van der Waals surface area contributed by atoms with Gasteiger partial charge in [0.25, 0.3) is 0 Å². The molecule has 0 bridgehead atoms. The number of aryl methyl sites for hydroxylation is 1. The van der Waals surface area contributed by atoms with Crippen molar-refractivity contribution in [1.29, 1.82) is 0 Å². The van der Waals surface area contributed by atoms with Crippen LogP contribution in [0.1, 0.15) is 79.7 Å². The SMILES string of the molecule is CC(C)CCN(c1ccc(CCC(C)(C)C)cc1)[C@H]1CCN(CC(N)CC(C)C)C1. The molecule has 1 heterocycles. The van der Waals surface area contributed by atoms with Crippen molar-refractivity contribution in [2.24, 2.45) is 23.0 Å². The number of anilines is 1. The molecule has 1 fully saturated rings. The van der Waals surface area contributed by atoms with Gasteiger partial charge >= 0.3 is 0 Å². The first-order valence-corrected chi connectivity index (χ1v) is 12.4. The van der Waals surface area contributed by atoms with Crippen LogP contribution in [-0.2, 0) is 6.42 Å². The Bertz CT molecular complexity index is 600. The maximum atomic E-state index is 6.41. The van der Waals surface area contributed by atoms with Crippen LogP contribution in [0.3, 0.4) is 0 Å². The summed E-state index contributed by atoms with van der Waals surface area (Å²) in [6.45, 7) is 20.7. The van der Waals surface area contributed by atoms with Crippen molar-refractivity contribution < 1.29 is 0 Å². The number of hydrogen-bond donors (Lipinski definition) is 1. The summed E-state index contributed by atoms with van der Waals surface area (Å²) in [5.41, 5.74) is 9.66. The summed E-state index contributed by atoms with van der Waals surface area (Å²) in [5.74, 6) is 1.41. The second-order valence-corrected chi connectivity index (χ2v) is 11.7. The second kappa shape index (κ2) is 11.5. The Balaban J connectivity index is 2.01. The molecule has 0 aliphatic carbocycles. The fraction of sp³-hybridized carbons (Fsp3) is 0.778. The van der Waals surface area contributed by atoms with Gasteiger partial charge in [0.2, 0.25) is 0 Å². The molecule has 2 rings (SSSR count). The van der Waals surface area contributed by atoms with Crippen molar-refractivity contribution in [3.63, 3.8) is 0 Å². The van der Waals surface area contributed by atoms with Gasteiger partial charge in [0.15, 0.2) is 0 Å². The van der Waals surface area contributed by atoms with Crippen molar-refractivity contribution in [3.05, 3.63) is 29.8 Å².